The first-order valence-corrected chi connectivity index (χ1v) is 6.26. The number of nitrogens with two attached hydrogens (primary N) is 1. The number of nitrogens with zero attached hydrogens (tertiary/aromatic N) is 1. The Balaban J connectivity index is 2.07. The van der Waals surface area contributed by atoms with Crippen LogP contribution in [0.1, 0.15) is 0 Å². The zero-order valence-corrected chi connectivity index (χ0v) is 11.6. The Kier molecular flexibility index (Phi) is 4.10. The lowest BCUT2D eigenvalue weighted by molar-refractivity contribution is 0.262. The quantitative estimate of drug-likeness (QED) is 0.751. The van der Waals surface area contributed by atoms with Gasteiger partial charge in [0.05, 0.1) is 11.4 Å². The predicted molar refractivity (Wildman–Crippen MR) is 84.3 cm³/mol. The van der Waals surface area contributed by atoms with Crippen molar-refractivity contribution in [3.63, 3.8) is 0 Å². The van der Waals surface area contributed by atoms with Gasteiger partial charge in [-0.2, -0.15) is 0 Å². The summed E-state index contributed by atoms with van der Waals surface area (Å²) in [5, 5.41) is 5.59. The molecule has 0 atom stereocenters. The average molecular weight is 270 g/mol. The molecule has 0 heterocycles. The molecular formula is C15H18N4O. The number of rotatable bonds is 3. The van der Waals surface area contributed by atoms with Crippen LogP contribution in [0.25, 0.3) is 0 Å². The van der Waals surface area contributed by atoms with E-state index in [9.17, 15) is 4.79 Å². The molecule has 2 rings (SSSR count). The summed E-state index contributed by atoms with van der Waals surface area (Å²) >= 11 is 0. The number of hydrogen-bond donors (Lipinski definition) is 3. The lowest BCUT2D eigenvalue weighted by atomic mass is 10.2. The van der Waals surface area contributed by atoms with E-state index in [2.05, 4.69) is 10.6 Å². The lowest BCUT2D eigenvalue weighted by Crippen LogP contribution is -2.21. The Morgan fingerprint density at radius 2 is 1.65 bits per heavy atom. The Bertz CT molecular complexity index is 593. The number of hydrogen-bond acceptors (Lipinski definition) is 3. The predicted octanol–water partition coefficient (Wildman–Crippen LogP) is 2.98. The minimum Gasteiger partial charge on any atom is -0.399 e. The summed E-state index contributed by atoms with van der Waals surface area (Å²) in [5.74, 6) is 0. The summed E-state index contributed by atoms with van der Waals surface area (Å²) in [6, 6.07) is 14.3. The van der Waals surface area contributed by atoms with E-state index >= 15 is 0 Å². The number of anilines is 4. The van der Waals surface area contributed by atoms with Crippen molar-refractivity contribution in [1.82, 2.24) is 0 Å². The summed E-state index contributed by atoms with van der Waals surface area (Å²) in [4.78, 5) is 13.9. The summed E-state index contributed by atoms with van der Waals surface area (Å²) in [6.07, 6.45) is 0. The van der Waals surface area contributed by atoms with E-state index in [1.807, 2.05) is 43.3 Å². The van der Waals surface area contributed by atoms with Crippen LogP contribution in [-0.4, -0.2) is 20.1 Å². The van der Waals surface area contributed by atoms with Crippen LogP contribution in [0.2, 0.25) is 0 Å². The molecule has 0 aliphatic carbocycles. The van der Waals surface area contributed by atoms with Crippen molar-refractivity contribution in [2.24, 2.45) is 0 Å². The van der Waals surface area contributed by atoms with Gasteiger partial charge in [-0.05, 0) is 36.4 Å². The van der Waals surface area contributed by atoms with E-state index in [4.69, 9.17) is 5.73 Å². The number of benzene rings is 2. The maximum Gasteiger partial charge on any atom is 0.323 e. The molecule has 2 amide bonds. The first-order chi connectivity index (χ1) is 9.56. The fraction of sp³-hybridized carbons (Fsp3) is 0.133. The molecule has 2 aromatic rings. The van der Waals surface area contributed by atoms with Gasteiger partial charge in [-0.15, -0.1) is 0 Å². The highest BCUT2D eigenvalue weighted by Gasteiger charge is 2.07. The van der Waals surface area contributed by atoms with Crippen molar-refractivity contribution in [2.75, 3.05) is 35.4 Å². The first-order valence-electron chi connectivity index (χ1n) is 6.26. The Labute approximate surface area is 118 Å². The van der Waals surface area contributed by atoms with E-state index in [-0.39, 0.29) is 6.03 Å². The van der Waals surface area contributed by atoms with Gasteiger partial charge in [-0.3, -0.25) is 0 Å². The maximum absolute atomic E-state index is 12.0. The molecule has 0 bridgehead atoms. The summed E-state index contributed by atoms with van der Waals surface area (Å²) in [5.41, 5.74) is 8.65. The molecule has 0 aliphatic heterocycles. The van der Waals surface area contributed by atoms with Crippen LogP contribution in [0.15, 0.2) is 48.5 Å². The standard InChI is InChI=1S/C15H18N4O/c1-19(2)14-6-4-3-5-13(14)18-15(20)17-12-9-7-11(16)8-10-12/h3-10H,16H2,1-2H3,(H2,17,18,20). The molecule has 20 heavy (non-hydrogen) atoms. The van der Waals surface area contributed by atoms with Crippen molar-refractivity contribution < 1.29 is 4.79 Å². The van der Waals surface area contributed by atoms with Crippen molar-refractivity contribution in [1.29, 1.82) is 0 Å². The lowest BCUT2D eigenvalue weighted by Gasteiger charge is -2.17. The van der Waals surface area contributed by atoms with Crippen LogP contribution in [0.5, 0.6) is 0 Å². The Morgan fingerprint density at radius 1 is 1.00 bits per heavy atom. The molecule has 5 heteroatoms. The largest absolute Gasteiger partial charge is 0.399 e. The molecule has 0 aromatic heterocycles. The molecule has 5 nitrogen and oxygen atoms in total. The number of nitrogens with one attached hydrogen (secondary N) is 2. The van der Waals surface area contributed by atoms with Crippen molar-refractivity contribution in [2.45, 2.75) is 0 Å². The van der Waals surface area contributed by atoms with Gasteiger partial charge in [0, 0.05) is 25.5 Å². The van der Waals surface area contributed by atoms with Crippen molar-refractivity contribution >= 4 is 28.8 Å². The van der Waals surface area contributed by atoms with Crippen LogP contribution in [0, 0.1) is 0 Å². The molecule has 0 unspecified atom stereocenters. The molecule has 104 valence electrons. The van der Waals surface area contributed by atoms with Gasteiger partial charge in [-0.1, -0.05) is 12.1 Å². The molecule has 0 saturated heterocycles. The molecule has 2 aromatic carbocycles. The van der Waals surface area contributed by atoms with E-state index in [1.165, 1.54) is 0 Å². The van der Waals surface area contributed by atoms with Gasteiger partial charge in [0.15, 0.2) is 0 Å². The molecule has 0 spiro atoms. The van der Waals surface area contributed by atoms with E-state index in [1.54, 1.807) is 24.3 Å². The smallest absolute Gasteiger partial charge is 0.323 e. The van der Waals surface area contributed by atoms with Crippen LogP contribution in [-0.2, 0) is 0 Å². The molecule has 0 radical (unpaired) electrons. The number of nitrogen functional groups attached to an aromatic ring is 1. The van der Waals surface area contributed by atoms with Gasteiger partial charge in [0.1, 0.15) is 0 Å². The number of urea groups is 1. The fourth-order valence-corrected chi connectivity index (χ4v) is 1.82. The summed E-state index contributed by atoms with van der Waals surface area (Å²) in [6.45, 7) is 0. The van der Waals surface area contributed by atoms with Crippen molar-refractivity contribution in [3.05, 3.63) is 48.5 Å². The maximum atomic E-state index is 12.0. The van der Waals surface area contributed by atoms with Gasteiger partial charge >= 0.3 is 6.03 Å². The van der Waals surface area contributed by atoms with Gasteiger partial charge < -0.3 is 21.3 Å². The SMILES string of the molecule is CN(C)c1ccccc1NC(=O)Nc1ccc(N)cc1. The monoisotopic (exact) mass is 270 g/mol. The normalized spacial score (nSPS) is 9.90. The van der Waals surface area contributed by atoms with E-state index in [0.29, 0.717) is 11.4 Å². The minimum atomic E-state index is -0.288. The third-order valence-electron chi connectivity index (χ3n) is 2.80. The van der Waals surface area contributed by atoms with Crippen LogP contribution in [0.3, 0.4) is 0 Å². The number of amides is 2. The molecule has 4 N–H and O–H groups in total. The minimum absolute atomic E-state index is 0.288. The van der Waals surface area contributed by atoms with Crippen LogP contribution < -0.4 is 21.3 Å². The third kappa shape index (κ3) is 3.41. The fourth-order valence-electron chi connectivity index (χ4n) is 1.82. The summed E-state index contributed by atoms with van der Waals surface area (Å²) in [7, 11) is 3.86. The topological polar surface area (TPSA) is 70.4 Å². The third-order valence-corrected chi connectivity index (χ3v) is 2.80. The van der Waals surface area contributed by atoms with Crippen LogP contribution >= 0.6 is 0 Å². The number of carbonyl (C=O) groups excluding carboxylic acids is 1. The summed E-state index contributed by atoms with van der Waals surface area (Å²) < 4.78 is 0. The second-order valence-electron chi connectivity index (χ2n) is 4.61. The van der Waals surface area contributed by atoms with E-state index < -0.39 is 0 Å². The van der Waals surface area contributed by atoms with Crippen LogP contribution in [0.4, 0.5) is 27.5 Å². The second-order valence-corrected chi connectivity index (χ2v) is 4.61. The zero-order chi connectivity index (χ0) is 14.5. The highest BCUT2D eigenvalue weighted by atomic mass is 16.2. The zero-order valence-electron chi connectivity index (χ0n) is 11.6. The Morgan fingerprint density at radius 3 is 2.30 bits per heavy atom. The molecule has 0 aliphatic rings. The van der Waals surface area contributed by atoms with Gasteiger partial charge in [-0.25, -0.2) is 4.79 Å². The molecule has 0 fully saturated rings. The highest BCUT2D eigenvalue weighted by Crippen LogP contribution is 2.23. The number of carbonyl (C=O) groups is 1. The van der Waals surface area contributed by atoms with Gasteiger partial charge in [0.25, 0.3) is 0 Å². The number of para-hydroxylation sites is 2. The highest BCUT2D eigenvalue weighted by molar-refractivity contribution is 6.01. The average Bonchev–Trinajstić information content (AvgIpc) is 2.41. The van der Waals surface area contributed by atoms with Crippen molar-refractivity contribution in [3.8, 4) is 0 Å². The van der Waals surface area contributed by atoms with Gasteiger partial charge in [0.2, 0.25) is 0 Å². The Hall–Kier alpha value is -2.69. The van der Waals surface area contributed by atoms with E-state index in [0.717, 1.165) is 11.4 Å². The molecule has 0 saturated carbocycles. The first kappa shape index (κ1) is 13.7. The molecular weight excluding hydrogens is 252 g/mol. The second kappa shape index (κ2) is 5.97.